The summed E-state index contributed by atoms with van der Waals surface area (Å²) >= 11 is 6.30. The van der Waals surface area contributed by atoms with Crippen LogP contribution in [0.15, 0.2) is 42.5 Å². The summed E-state index contributed by atoms with van der Waals surface area (Å²) < 4.78 is 15.6. The van der Waals surface area contributed by atoms with Crippen molar-refractivity contribution in [2.45, 2.75) is 44.6 Å². The van der Waals surface area contributed by atoms with Crippen molar-refractivity contribution in [3.8, 4) is 11.5 Å². The van der Waals surface area contributed by atoms with Crippen LogP contribution in [0.2, 0.25) is 5.02 Å². The molecule has 1 atom stereocenters. The molecule has 2 aromatic heterocycles. The highest BCUT2D eigenvalue weighted by Gasteiger charge is 2.51. The minimum absolute atomic E-state index is 0.0803. The van der Waals surface area contributed by atoms with Crippen LogP contribution in [0.4, 0.5) is 16.0 Å². The summed E-state index contributed by atoms with van der Waals surface area (Å²) in [6.07, 6.45) is 3.39. The van der Waals surface area contributed by atoms with Gasteiger partial charge in [-0.15, -0.1) is 0 Å². The van der Waals surface area contributed by atoms with Crippen molar-refractivity contribution >= 4 is 40.0 Å². The first-order chi connectivity index (χ1) is 18.3. The Hall–Kier alpha value is -3.56. The predicted molar refractivity (Wildman–Crippen MR) is 144 cm³/mol. The molecule has 6 rings (SSSR count). The van der Waals surface area contributed by atoms with Gasteiger partial charge in [-0.2, -0.15) is 5.10 Å². The monoisotopic (exact) mass is 534 g/mol. The fraction of sp³-hybridized carbons (Fsp3) is 0.357. The number of halogens is 2. The number of aromatic nitrogens is 4. The second-order valence-corrected chi connectivity index (χ2v) is 10.9. The molecular formula is C28H28ClFN6O2. The number of amides is 1. The van der Waals surface area contributed by atoms with E-state index in [9.17, 15) is 14.3 Å². The summed E-state index contributed by atoms with van der Waals surface area (Å²) in [5, 5.41) is 18.6. The lowest BCUT2D eigenvalue weighted by atomic mass is 9.65. The molecule has 2 aliphatic rings. The van der Waals surface area contributed by atoms with Crippen molar-refractivity contribution in [1.29, 1.82) is 0 Å². The van der Waals surface area contributed by atoms with Crippen molar-refractivity contribution < 1.29 is 14.3 Å². The van der Waals surface area contributed by atoms with Gasteiger partial charge in [0.2, 0.25) is 5.91 Å². The maximum atomic E-state index is 13.8. The molecule has 8 nitrogen and oxygen atoms in total. The number of carbonyl (C=O) groups is 1. The van der Waals surface area contributed by atoms with Gasteiger partial charge in [0.05, 0.1) is 23.0 Å². The normalized spacial score (nSPS) is 23.0. The SMILES string of the molecule is CC1(C2CCC(CO)CC2)C(=O)Nc2nc(-c3nn(Cc4cccc(F)c4)c4cc(Cl)ccc34)nc(N)c21. The number of nitrogens with two attached hydrogens (primary N) is 1. The molecule has 196 valence electrons. The van der Waals surface area contributed by atoms with Crippen LogP contribution >= 0.6 is 11.6 Å². The van der Waals surface area contributed by atoms with Crippen LogP contribution < -0.4 is 11.1 Å². The molecule has 10 heteroatoms. The number of fused-ring (bicyclic) bond motifs is 2. The molecular weight excluding hydrogens is 507 g/mol. The Morgan fingerprint density at radius 1 is 1.18 bits per heavy atom. The van der Waals surface area contributed by atoms with E-state index in [2.05, 4.69) is 10.3 Å². The third kappa shape index (κ3) is 4.01. The Balaban J connectivity index is 1.42. The van der Waals surface area contributed by atoms with Gasteiger partial charge in [-0.25, -0.2) is 14.4 Å². The van der Waals surface area contributed by atoms with Crippen molar-refractivity contribution in [2.75, 3.05) is 17.7 Å². The van der Waals surface area contributed by atoms with Crippen LogP contribution in [0.5, 0.6) is 0 Å². The van der Waals surface area contributed by atoms with Crippen molar-refractivity contribution in [1.82, 2.24) is 19.7 Å². The highest BCUT2D eigenvalue weighted by atomic mass is 35.5. The van der Waals surface area contributed by atoms with Crippen molar-refractivity contribution in [3.05, 3.63) is 64.4 Å². The standard InChI is InChI=1S/C28H28ClFN6O2/c1-28(17-7-5-15(14-37)6-8-17)22-24(31)32-26(33-25(22)34-27(28)38)23-20-10-9-18(29)12-21(20)36(35-23)13-16-3-2-4-19(30)11-16/h2-4,9-12,15,17,37H,5-8,13-14H2,1H3,(H3,31,32,33,34,38). The summed E-state index contributed by atoms with van der Waals surface area (Å²) in [5.74, 6) is 0.848. The second-order valence-electron chi connectivity index (χ2n) is 10.5. The summed E-state index contributed by atoms with van der Waals surface area (Å²) in [5.41, 5.74) is 8.31. The third-order valence-corrected chi connectivity index (χ3v) is 8.46. The van der Waals surface area contributed by atoms with Crippen LogP contribution in [0.3, 0.4) is 0 Å². The van der Waals surface area contributed by atoms with Gasteiger partial charge in [-0.05, 0) is 80.3 Å². The first-order valence-electron chi connectivity index (χ1n) is 12.8. The Kier molecular flexibility index (Phi) is 6.07. The number of carbonyl (C=O) groups excluding carboxylic acids is 1. The van der Waals surface area contributed by atoms with E-state index < -0.39 is 5.41 Å². The van der Waals surface area contributed by atoms with Crippen molar-refractivity contribution in [2.24, 2.45) is 11.8 Å². The molecule has 0 bridgehead atoms. The van der Waals surface area contributed by atoms with E-state index in [4.69, 9.17) is 27.4 Å². The molecule has 4 N–H and O–H groups in total. The van der Waals surface area contributed by atoms with Gasteiger partial charge in [0.1, 0.15) is 23.1 Å². The van der Waals surface area contributed by atoms with E-state index in [1.54, 1.807) is 22.9 Å². The lowest BCUT2D eigenvalue weighted by molar-refractivity contribution is -0.122. The maximum Gasteiger partial charge on any atom is 0.236 e. The van der Waals surface area contributed by atoms with Crippen LogP contribution in [0.25, 0.3) is 22.4 Å². The smallest absolute Gasteiger partial charge is 0.236 e. The Morgan fingerprint density at radius 3 is 2.71 bits per heavy atom. The Morgan fingerprint density at radius 2 is 1.97 bits per heavy atom. The topological polar surface area (TPSA) is 119 Å². The molecule has 1 fully saturated rings. The van der Waals surface area contributed by atoms with Gasteiger partial charge in [0.25, 0.3) is 0 Å². The fourth-order valence-electron chi connectivity index (χ4n) is 6.09. The van der Waals surface area contributed by atoms with Gasteiger partial charge in [0.15, 0.2) is 5.82 Å². The number of nitrogen functional groups attached to an aromatic ring is 1. The van der Waals surface area contributed by atoms with E-state index in [1.165, 1.54) is 12.1 Å². The first kappa shape index (κ1) is 24.8. The van der Waals surface area contributed by atoms with Gasteiger partial charge in [-0.1, -0.05) is 23.7 Å². The lowest BCUT2D eigenvalue weighted by Crippen LogP contribution is -2.41. The number of hydrogen-bond acceptors (Lipinski definition) is 6. The van der Waals surface area contributed by atoms with Gasteiger partial charge in [-0.3, -0.25) is 9.48 Å². The van der Waals surface area contributed by atoms with Crippen LogP contribution in [0, 0.1) is 17.7 Å². The van der Waals surface area contributed by atoms with Crippen LogP contribution in [-0.4, -0.2) is 37.4 Å². The molecule has 1 saturated carbocycles. The maximum absolute atomic E-state index is 13.8. The molecule has 38 heavy (non-hydrogen) atoms. The number of aliphatic hydroxyl groups excluding tert-OH is 1. The zero-order chi connectivity index (χ0) is 26.6. The molecule has 1 unspecified atom stereocenters. The largest absolute Gasteiger partial charge is 0.396 e. The van der Waals surface area contributed by atoms with Crippen LogP contribution in [-0.2, 0) is 16.8 Å². The zero-order valence-electron chi connectivity index (χ0n) is 20.9. The Bertz CT molecular complexity index is 1560. The summed E-state index contributed by atoms with van der Waals surface area (Å²) in [4.78, 5) is 22.7. The molecule has 1 aliphatic carbocycles. The number of hydrogen-bond donors (Lipinski definition) is 3. The minimum Gasteiger partial charge on any atom is -0.396 e. The number of anilines is 2. The van der Waals surface area contributed by atoms with E-state index in [0.29, 0.717) is 34.5 Å². The molecule has 0 spiro atoms. The minimum atomic E-state index is -0.843. The summed E-state index contributed by atoms with van der Waals surface area (Å²) in [7, 11) is 0. The predicted octanol–water partition coefficient (Wildman–Crippen LogP) is 4.92. The van der Waals surface area contributed by atoms with Gasteiger partial charge in [0, 0.05) is 17.0 Å². The van der Waals surface area contributed by atoms with E-state index in [0.717, 1.165) is 42.1 Å². The summed E-state index contributed by atoms with van der Waals surface area (Å²) in [6.45, 7) is 2.41. The number of nitrogens with zero attached hydrogens (tertiary/aromatic N) is 4. The number of nitrogens with one attached hydrogen (secondary N) is 1. The molecule has 4 aromatic rings. The van der Waals surface area contributed by atoms with Crippen molar-refractivity contribution in [3.63, 3.8) is 0 Å². The second kappa shape index (κ2) is 9.32. The summed E-state index contributed by atoms with van der Waals surface area (Å²) in [6, 6.07) is 11.8. The van der Waals surface area contributed by atoms with E-state index in [-0.39, 0.29) is 36.0 Å². The lowest BCUT2D eigenvalue weighted by Gasteiger charge is -2.37. The molecule has 1 amide bonds. The van der Waals surface area contributed by atoms with Crippen LogP contribution in [0.1, 0.15) is 43.7 Å². The van der Waals surface area contributed by atoms with Gasteiger partial charge >= 0.3 is 0 Å². The Labute approximate surface area is 224 Å². The quantitative estimate of drug-likeness (QED) is 0.334. The highest BCUT2D eigenvalue weighted by Crippen LogP contribution is 2.50. The molecule has 3 heterocycles. The molecule has 0 radical (unpaired) electrons. The number of aliphatic hydroxyl groups is 1. The number of benzene rings is 2. The molecule has 0 saturated heterocycles. The fourth-order valence-corrected chi connectivity index (χ4v) is 6.26. The first-order valence-corrected chi connectivity index (χ1v) is 13.2. The van der Waals surface area contributed by atoms with E-state index in [1.807, 2.05) is 19.1 Å². The van der Waals surface area contributed by atoms with E-state index >= 15 is 0 Å². The third-order valence-electron chi connectivity index (χ3n) is 8.23. The molecule has 1 aliphatic heterocycles. The number of rotatable bonds is 5. The van der Waals surface area contributed by atoms with Gasteiger partial charge < -0.3 is 16.2 Å². The zero-order valence-corrected chi connectivity index (χ0v) is 21.7. The average molecular weight is 535 g/mol. The average Bonchev–Trinajstić information content (AvgIpc) is 3.38. The molecule has 2 aromatic carbocycles. The highest BCUT2D eigenvalue weighted by molar-refractivity contribution is 6.31.